The fourth-order valence-corrected chi connectivity index (χ4v) is 2.35. The molecule has 0 saturated carbocycles. The van der Waals surface area contributed by atoms with E-state index in [2.05, 4.69) is 15.6 Å². The van der Waals surface area contributed by atoms with Gasteiger partial charge in [0.15, 0.2) is 0 Å². The van der Waals surface area contributed by atoms with Crippen LogP contribution in [0.4, 0.5) is 10.5 Å². The van der Waals surface area contributed by atoms with E-state index >= 15 is 0 Å². The van der Waals surface area contributed by atoms with E-state index in [-0.39, 0.29) is 12.1 Å². The number of aromatic amines is 1. The first-order valence-electron chi connectivity index (χ1n) is 6.55. The van der Waals surface area contributed by atoms with Gasteiger partial charge < -0.3 is 20.4 Å². The quantitative estimate of drug-likeness (QED) is 0.792. The normalized spacial score (nSPS) is 18.6. The van der Waals surface area contributed by atoms with Crippen LogP contribution in [0.5, 0.6) is 0 Å². The van der Waals surface area contributed by atoms with Crippen LogP contribution in [-0.2, 0) is 4.74 Å². The lowest BCUT2D eigenvalue weighted by atomic mass is 10.2. The molecule has 1 aromatic heterocycles. The van der Waals surface area contributed by atoms with Crippen LogP contribution in [0.15, 0.2) is 30.5 Å². The number of hydrogen-bond donors (Lipinski definition) is 3. The van der Waals surface area contributed by atoms with Crippen molar-refractivity contribution in [1.29, 1.82) is 0 Å². The highest BCUT2D eigenvalue weighted by molar-refractivity contribution is 6.00. The van der Waals surface area contributed by atoms with E-state index in [1.54, 1.807) is 6.20 Å². The Balaban J connectivity index is 1.59. The topological polar surface area (TPSA) is 66.2 Å². The molecule has 1 aliphatic rings. The number of fused-ring (bicyclic) bond motifs is 1. The first-order valence-corrected chi connectivity index (χ1v) is 6.55. The maximum absolute atomic E-state index is 11.8. The third kappa shape index (κ3) is 2.71. The molecule has 19 heavy (non-hydrogen) atoms. The monoisotopic (exact) mass is 259 g/mol. The van der Waals surface area contributed by atoms with Crippen molar-refractivity contribution in [2.24, 2.45) is 0 Å². The van der Waals surface area contributed by atoms with Crippen LogP contribution in [0.25, 0.3) is 10.9 Å². The van der Waals surface area contributed by atoms with Gasteiger partial charge in [-0.25, -0.2) is 4.79 Å². The van der Waals surface area contributed by atoms with Crippen molar-refractivity contribution in [3.05, 3.63) is 30.5 Å². The minimum absolute atomic E-state index is 0.161. The van der Waals surface area contributed by atoms with Gasteiger partial charge in [-0.2, -0.15) is 0 Å². The number of aromatic nitrogens is 1. The van der Waals surface area contributed by atoms with Gasteiger partial charge in [-0.05, 0) is 18.9 Å². The molecule has 2 aromatic rings. The SMILES string of the molecule is O=C(NC[C@H]1CCCO1)Nc1c[nH]c2ccccc12. The molecule has 2 heterocycles. The molecular weight excluding hydrogens is 242 g/mol. The maximum atomic E-state index is 11.8. The Bertz CT molecular complexity index is 573. The molecule has 3 rings (SSSR count). The molecule has 2 amide bonds. The van der Waals surface area contributed by atoms with Crippen LogP contribution in [-0.4, -0.2) is 30.3 Å². The van der Waals surface area contributed by atoms with E-state index in [0.717, 1.165) is 36.0 Å². The summed E-state index contributed by atoms with van der Waals surface area (Å²) in [5, 5.41) is 6.70. The number of hydrogen-bond acceptors (Lipinski definition) is 2. The molecule has 0 spiro atoms. The molecule has 0 bridgehead atoms. The first-order chi connectivity index (χ1) is 9.33. The van der Waals surface area contributed by atoms with Gasteiger partial charge >= 0.3 is 6.03 Å². The number of benzene rings is 1. The van der Waals surface area contributed by atoms with E-state index in [1.807, 2.05) is 24.3 Å². The largest absolute Gasteiger partial charge is 0.376 e. The summed E-state index contributed by atoms with van der Waals surface area (Å²) in [5.41, 5.74) is 1.80. The van der Waals surface area contributed by atoms with Crippen molar-refractivity contribution in [3.8, 4) is 0 Å². The van der Waals surface area contributed by atoms with Gasteiger partial charge in [-0.3, -0.25) is 0 Å². The molecule has 100 valence electrons. The number of ether oxygens (including phenoxy) is 1. The number of nitrogens with one attached hydrogen (secondary N) is 3. The van der Waals surface area contributed by atoms with Crippen LogP contribution in [0.1, 0.15) is 12.8 Å². The fourth-order valence-electron chi connectivity index (χ4n) is 2.35. The molecule has 5 heteroatoms. The molecule has 1 fully saturated rings. The number of urea groups is 1. The number of amides is 2. The second kappa shape index (κ2) is 5.32. The van der Waals surface area contributed by atoms with E-state index in [1.165, 1.54) is 0 Å². The third-order valence-corrected chi connectivity index (χ3v) is 3.35. The van der Waals surface area contributed by atoms with Gasteiger partial charge in [-0.15, -0.1) is 0 Å². The molecule has 0 radical (unpaired) electrons. The highest BCUT2D eigenvalue weighted by atomic mass is 16.5. The van der Waals surface area contributed by atoms with Crippen molar-refractivity contribution < 1.29 is 9.53 Å². The molecule has 1 aliphatic heterocycles. The Morgan fingerprint density at radius 2 is 2.32 bits per heavy atom. The summed E-state index contributed by atoms with van der Waals surface area (Å²) < 4.78 is 5.46. The molecule has 1 saturated heterocycles. The van der Waals surface area contributed by atoms with Gasteiger partial charge in [0.25, 0.3) is 0 Å². The summed E-state index contributed by atoms with van der Waals surface area (Å²) in [7, 11) is 0. The number of para-hydroxylation sites is 1. The minimum atomic E-state index is -0.194. The zero-order valence-electron chi connectivity index (χ0n) is 10.6. The second-order valence-electron chi connectivity index (χ2n) is 4.72. The van der Waals surface area contributed by atoms with Crippen LogP contribution >= 0.6 is 0 Å². The molecule has 0 unspecified atom stereocenters. The fraction of sp³-hybridized carbons (Fsp3) is 0.357. The Hall–Kier alpha value is -2.01. The lowest BCUT2D eigenvalue weighted by Crippen LogP contribution is -2.34. The lowest BCUT2D eigenvalue weighted by molar-refractivity contribution is 0.112. The molecule has 0 aliphatic carbocycles. The van der Waals surface area contributed by atoms with Crippen molar-refractivity contribution in [2.75, 3.05) is 18.5 Å². The van der Waals surface area contributed by atoms with Crippen LogP contribution in [0.2, 0.25) is 0 Å². The Morgan fingerprint density at radius 1 is 1.42 bits per heavy atom. The number of H-pyrrole nitrogens is 1. The number of carbonyl (C=O) groups excluding carboxylic acids is 1. The van der Waals surface area contributed by atoms with E-state index in [0.29, 0.717) is 6.54 Å². The van der Waals surface area contributed by atoms with Gasteiger partial charge in [0, 0.05) is 30.3 Å². The maximum Gasteiger partial charge on any atom is 0.319 e. The number of carbonyl (C=O) groups is 1. The highest BCUT2D eigenvalue weighted by Gasteiger charge is 2.16. The van der Waals surface area contributed by atoms with Crippen molar-refractivity contribution >= 4 is 22.6 Å². The Kier molecular flexibility index (Phi) is 3.37. The zero-order valence-corrected chi connectivity index (χ0v) is 10.6. The van der Waals surface area contributed by atoms with E-state index in [9.17, 15) is 4.79 Å². The summed E-state index contributed by atoms with van der Waals surface area (Å²) in [5.74, 6) is 0. The number of rotatable bonds is 3. The zero-order chi connectivity index (χ0) is 13.1. The van der Waals surface area contributed by atoms with Gasteiger partial charge in [0.2, 0.25) is 0 Å². The average molecular weight is 259 g/mol. The Morgan fingerprint density at radius 3 is 3.16 bits per heavy atom. The lowest BCUT2D eigenvalue weighted by Gasteiger charge is -2.11. The second-order valence-corrected chi connectivity index (χ2v) is 4.72. The summed E-state index contributed by atoms with van der Waals surface area (Å²) >= 11 is 0. The predicted octanol–water partition coefficient (Wildman–Crippen LogP) is 2.47. The Labute approximate surface area is 111 Å². The van der Waals surface area contributed by atoms with Gasteiger partial charge in [0.05, 0.1) is 11.8 Å². The molecule has 5 nitrogen and oxygen atoms in total. The summed E-state index contributed by atoms with van der Waals surface area (Å²) in [6.07, 6.45) is 4.06. The van der Waals surface area contributed by atoms with Crippen molar-refractivity contribution in [1.82, 2.24) is 10.3 Å². The average Bonchev–Trinajstić information content (AvgIpc) is 3.07. The van der Waals surface area contributed by atoms with Crippen LogP contribution in [0, 0.1) is 0 Å². The van der Waals surface area contributed by atoms with E-state index in [4.69, 9.17) is 4.74 Å². The molecular formula is C14H17N3O2. The summed E-state index contributed by atoms with van der Waals surface area (Å²) in [6.45, 7) is 1.37. The highest BCUT2D eigenvalue weighted by Crippen LogP contribution is 2.22. The van der Waals surface area contributed by atoms with Crippen molar-refractivity contribution in [2.45, 2.75) is 18.9 Å². The van der Waals surface area contributed by atoms with Crippen LogP contribution < -0.4 is 10.6 Å². The van der Waals surface area contributed by atoms with Crippen molar-refractivity contribution in [3.63, 3.8) is 0 Å². The van der Waals surface area contributed by atoms with E-state index < -0.39 is 0 Å². The smallest absolute Gasteiger partial charge is 0.319 e. The van der Waals surface area contributed by atoms with Gasteiger partial charge in [0.1, 0.15) is 0 Å². The predicted molar refractivity (Wildman–Crippen MR) is 74.3 cm³/mol. The molecule has 3 N–H and O–H groups in total. The molecule has 1 aromatic carbocycles. The number of anilines is 1. The molecule has 1 atom stereocenters. The minimum Gasteiger partial charge on any atom is -0.376 e. The summed E-state index contributed by atoms with van der Waals surface area (Å²) in [4.78, 5) is 14.9. The standard InChI is InChI=1S/C14H17N3O2/c18-14(16-8-10-4-3-7-19-10)17-13-9-15-12-6-2-1-5-11(12)13/h1-2,5-6,9-10,15H,3-4,7-8H2,(H2,16,17,18)/t10-/m1/s1. The first kappa shape index (κ1) is 12.0. The third-order valence-electron chi connectivity index (χ3n) is 3.35. The summed E-state index contributed by atoms with van der Waals surface area (Å²) in [6, 6.07) is 7.66. The van der Waals surface area contributed by atoms with Gasteiger partial charge in [-0.1, -0.05) is 18.2 Å². The van der Waals surface area contributed by atoms with Crippen LogP contribution in [0.3, 0.4) is 0 Å².